The summed E-state index contributed by atoms with van der Waals surface area (Å²) in [5.41, 5.74) is 0.672. The lowest BCUT2D eigenvalue weighted by molar-refractivity contribution is 0.0594. The number of ether oxygens (including phenoxy) is 3. The van der Waals surface area contributed by atoms with Crippen LogP contribution in [0.4, 0.5) is 0 Å². The number of hydrogen-bond donors (Lipinski definition) is 0. The summed E-state index contributed by atoms with van der Waals surface area (Å²) >= 11 is 6.20. The summed E-state index contributed by atoms with van der Waals surface area (Å²) in [6.45, 7) is 0. The minimum atomic E-state index is -0.518. The highest BCUT2D eigenvalue weighted by Crippen LogP contribution is 2.38. The van der Waals surface area contributed by atoms with Crippen molar-refractivity contribution in [1.29, 1.82) is 0 Å². The van der Waals surface area contributed by atoms with Crippen LogP contribution in [0.1, 0.15) is 10.5 Å². The Bertz CT molecular complexity index is 642. The smallest absolute Gasteiger partial charge is 0.356 e. The molecule has 0 saturated heterocycles. The summed E-state index contributed by atoms with van der Waals surface area (Å²) in [5, 5.41) is 1.06. The summed E-state index contributed by atoms with van der Waals surface area (Å²) in [7, 11) is 4.32. The molecule has 0 aliphatic heterocycles. The number of carbonyl (C=O) groups is 1. The van der Waals surface area contributed by atoms with E-state index in [1.807, 2.05) is 0 Å². The van der Waals surface area contributed by atoms with Crippen LogP contribution in [0.3, 0.4) is 0 Å². The number of halogens is 1. The molecule has 19 heavy (non-hydrogen) atoms. The highest BCUT2D eigenvalue weighted by molar-refractivity contribution is 6.37. The third-order valence-corrected chi connectivity index (χ3v) is 3.07. The van der Waals surface area contributed by atoms with Gasteiger partial charge < -0.3 is 14.2 Å². The van der Waals surface area contributed by atoms with E-state index in [1.54, 1.807) is 18.2 Å². The minimum Gasteiger partial charge on any atom is -0.495 e. The van der Waals surface area contributed by atoms with Gasteiger partial charge in [0.1, 0.15) is 22.7 Å². The van der Waals surface area contributed by atoms with Crippen LogP contribution in [0.15, 0.2) is 18.2 Å². The number of rotatable bonds is 3. The number of pyridine rings is 1. The number of fused-ring (bicyclic) bond motifs is 1. The molecule has 0 radical (unpaired) electrons. The number of esters is 1. The van der Waals surface area contributed by atoms with Crippen LogP contribution in [0.5, 0.6) is 11.5 Å². The Morgan fingerprint density at radius 3 is 2.42 bits per heavy atom. The lowest BCUT2D eigenvalue weighted by Gasteiger charge is -2.11. The van der Waals surface area contributed by atoms with E-state index in [4.69, 9.17) is 21.1 Å². The molecule has 6 heteroatoms. The molecule has 1 aromatic heterocycles. The van der Waals surface area contributed by atoms with E-state index in [-0.39, 0.29) is 5.69 Å². The van der Waals surface area contributed by atoms with Crippen LogP contribution in [0.2, 0.25) is 5.02 Å². The highest BCUT2D eigenvalue weighted by atomic mass is 35.5. The molecular formula is C13H12ClNO4. The second kappa shape index (κ2) is 5.32. The first kappa shape index (κ1) is 13.4. The van der Waals surface area contributed by atoms with E-state index >= 15 is 0 Å². The maximum Gasteiger partial charge on any atom is 0.356 e. The van der Waals surface area contributed by atoms with Gasteiger partial charge in [-0.3, -0.25) is 0 Å². The topological polar surface area (TPSA) is 57.7 Å². The molecule has 0 fully saturated rings. The first-order valence-corrected chi connectivity index (χ1v) is 5.79. The average molecular weight is 282 g/mol. The SMILES string of the molecule is COC(=O)c1ccc2c(Cl)c(OC)cc(OC)c2n1. The number of aromatic nitrogens is 1. The van der Waals surface area contributed by atoms with E-state index in [1.165, 1.54) is 21.3 Å². The van der Waals surface area contributed by atoms with Crippen molar-refractivity contribution in [2.75, 3.05) is 21.3 Å². The van der Waals surface area contributed by atoms with E-state index in [2.05, 4.69) is 9.72 Å². The second-order valence-corrected chi connectivity index (χ2v) is 4.06. The van der Waals surface area contributed by atoms with E-state index in [0.29, 0.717) is 27.4 Å². The Morgan fingerprint density at radius 1 is 1.16 bits per heavy atom. The molecule has 0 bridgehead atoms. The normalized spacial score (nSPS) is 10.3. The standard InChI is InChI=1S/C13H12ClNO4/c1-17-9-6-10(18-2)12-7(11(9)14)4-5-8(15-12)13(16)19-3/h4-6H,1-3H3. The van der Waals surface area contributed by atoms with Crippen molar-refractivity contribution >= 4 is 28.5 Å². The number of carbonyl (C=O) groups excluding carboxylic acids is 1. The van der Waals surface area contributed by atoms with Gasteiger partial charge in [0.25, 0.3) is 0 Å². The quantitative estimate of drug-likeness (QED) is 0.810. The van der Waals surface area contributed by atoms with E-state index < -0.39 is 5.97 Å². The van der Waals surface area contributed by atoms with Crippen LogP contribution in [-0.4, -0.2) is 32.3 Å². The molecule has 0 aliphatic carbocycles. The van der Waals surface area contributed by atoms with Gasteiger partial charge >= 0.3 is 5.97 Å². The Kier molecular flexibility index (Phi) is 3.76. The van der Waals surface area contributed by atoms with E-state index in [0.717, 1.165) is 0 Å². The third-order valence-electron chi connectivity index (χ3n) is 2.68. The van der Waals surface area contributed by atoms with Gasteiger partial charge in [0.2, 0.25) is 0 Å². The summed E-state index contributed by atoms with van der Waals surface area (Å²) in [6, 6.07) is 4.85. The second-order valence-electron chi connectivity index (χ2n) is 3.68. The van der Waals surface area contributed by atoms with Gasteiger partial charge in [0, 0.05) is 11.5 Å². The lowest BCUT2D eigenvalue weighted by atomic mass is 10.1. The van der Waals surface area contributed by atoms with Crippen molar-refractivity contribution in [2.45, 2.75) is 0 Å². The van der Waals surface area contributed by atoms with Crippen LogP contribution >= 0.6 is 11.6 Å². The zero-order valence-corrected chi connectivity index (χ0v) is 11.4. The van der Waals surface area contributed by atoms with Crippen LogP contribution in [0, 0.1) is 0 Å². The third kappa shape index (κ3) is 2.29. The first-order chi connectivity index (χ1) is 9.12. The number of nitrogens with zero attached hydrogens (tertiary/aromatic N) is 1. The summed E-state index contributed by atoms with van der Waals surface area (Å²) in [4.78, 5) is 15.7. The molecule has 0 aliphatic rings. The number of hydrogen-bond acceptors (Lipinski definition) is 5. The molecule has 100 valence electrons. The highest BCUT2D eigenvalue weighted by Gasteiger charge is 2.16. The molecule has 2 aromatic rings. The number of benzene rings is 1. The van der Waals surface area contributed by atoms with Gasteiger partial charge in [-0.2, -0.15) is 0 Å². The van der Waals surface area contributed by atoms with Crippen LogP contribution in [-0.2, 0) is 4.74 Å². The Labute approximate surface area is 115 Å². The Hall–Kier alpha value is -2.01. The lowest BCUT2D eigenvalue weighted by Crippen LogP contribution is -2.04. The van der Waals surface area contributed by atoms with Crippen LogP contribution < -0.4 is 9.47 Å². The number of methoxy groups -OCH3 is 3. The Balaban J connectivity index is 2.74. The molecular weight excluding hydrogens is 270 g/mol. The molecule has 1 heterocycles. The zero-order valence-electron chi connectivity index (χ0n) is 10.7. The fraction of sp³-hybridized carbons (Fsp3) is 0.231. The van der Waals surface area contributed by atoms with Gasteiger partial charge in [-0.25, -0.2) is 9.78 Å². The molecule has 0 saturated carbocycles. The van der Waals surface area contributed by atoms with Crippen molar-refractivity contribution in [3.63, 3.8) is 0 Å². The van der Waals surface area contributed by atoms with Crippen molar-refractivity contribution in [2.24, 2.45) is 0 Å². The molecule has 0 amide bonds. The van der Waals surface area contributed by atoms with Crippen molar-refractivity contribution in [3.05, 3.63) is 28.9 Å². The molecule has 0 atom stereocenters. The van der Waals surface area contributed by atoms with Gasteiger partial charge in [0.15, 0.2) is 0 Å². The van der Waals surface area contributed by atoms with Gasteiger partial charge in [-0.1, -0.05) is 11.6 Å². The summed E-state index contributed by atoms with van der Waals surface area (Å²) in [6.07, 6.45) is 0. The molecule has 5 nitrogen and oxygen atoms in total. The molecule has 1 aromatic carbocycles. The van der Waals surface area contributed by atoms with Crippen LogP contribution in [0.25, 0.3) is 10.9 Å². The molecule has 2 rings (SSSR count). The average Bonchev–Trinajstić information content (AvgIpc) is 2.46. The maximum atomic E-state index is 11.5. The summed E-state index contributed by atoms with van der Waals surface area (Å²) < 4.78 is 15.0. The fourth-order valence-electron chi connectivity index (χ4n) is 1.73. The maximum absolute atomic E-state index is 11.5. The predicted molar refractivity (Wildman–Crippen MR) is 71.2 cm³/mol. The Morgan fingerprint density at radius 2 is 1.84 bits per heavy atom. The molecule has 0 unspecified atom stereocenters. The van der Waals surface area contributed by atoms with Gasteiger partial charge in [0.05, 0.1) is 26.4 Å². The largest absolute Gasteiger partial charge is 0.495 e. The van der Waals surface area contributed by atoms with Gasteiger partial charge in [-0.15, -0.1) is 0 Å². The van der Waals surface area contributed by atoms with Crippen molar-refractivity contribution in [3.8, 4) is 11.5 Å². The van der Waals surface area contributed by atoms with E-state index in [9.17, 15) is 4.79 Å². The van der Waals surface area contributed by atoms with Gasteiger partial charge in [-0.05, 0) is 12.1 Å². The van der Waals surface area contributed by atoms with Crippen molar-refractivity contribution < 1.29 is 19.0 Å². The monoisotopic (exact) mass is 281 g/mol. The van der Waals surface area contributed by atoms with Crippen molar-refractivity contribution in [1.82, 2.24) is 4.98 Å². The predicted octanol–water partition coefficient (Wildman–Crippen LogP) is 2.69. The fourth-order valence-corrected chi connectivity index (χ4v) is 2.01. The molecule has 0 spiro atoms. The minimum absolute atomic E-state index is 0.189. The zero-order chi connectivity index (χ0) is 14.0. The first-order valence-electron chi connectivity index (χ1n) is 5.42. The molecule has 0 N–H and O–H groups in total. The summed E-state index contributed by atoms with van der Waals surface area (Å²) in [5.74, 6) is 0.441.